The van der Waals surface area contributed by atoms with Crippen molar-refractivity contribution >= 4 is 33.3 Å². The average molecular weight is 384 g/mol. The van der Waals surface area contributed by atoms with Crippen molar-refractivity contribution in [2.45, 2.75) is 25.2 Å². The summed E-state index contributed by atoms with van der Waals surface area (Å²) in [5.74, 6) is -0.970. The van der Waals surface area contributed by atoms with Crippen molar-refractivity contribution in [2.75, 3.05) is 27.2 Å². The SMILES string of the molecule is CN(C)CCOc1ccc2c(ccc3onc([C@H]4CCC(=O)CC4=O)c32)c1F. The number of halogens is 1. The fourth-order valence-corrected chi connectivity index (χ4v) is 3.66. The summed E-state index contributed by atoms with van der Waals surface area (Å²) in [4.78, 5) is 25.9. The van der Waals surface area contributed by atoms with Crippen LogP contribution in [0.2, 0.25) is 0 Å². The predicted molar refractivity (Wildman–Crippen MR) is 102 cm³/mol. The highest BCUT2D eigenvalue weighted by atomic mass is 19.1. The molecule has 0 aliphatic heterocycles. The molecular weight excluding hydrogens is 363 g/mol. The molecule has 2 aromatic carbocycles. The Morgan fingerprint density at radius 3 is 2.75 bits per heavy atom. The maximum atomic E-state index is 15.0. The Hall–Kier alpha value is -2.80. The first-order valence-electron chi connectivity index (χ1n) is 9.28. The third-order valence-corrected chi connectivity index (χ3v) is 5.16. The van der Waals surface area contributed by atoms with Gasteiger partial charge in [0.2, 0.25) is 0 Å². The van der Waals surface area contributed by atoms with Crippen LogP contribution in [0, 0.1) is 5.82 Å². The smallest absolute Gasteiger partial charge is 0.172 e. The summed E-state index contributed by atoms with van der Waals surface area (Å²) in [6.45, 7) is 1.05. The lowest BCUT2D eigenvalue weighted by Gasteiger charge is -2.18. The molecule has 4 rings (SSSR count). The number of ether oxygens (including phenoxy) is 1. The molecule has 146 valence electrons. The van der Waals surface area contributed by atoms with E-state index in [9.17, 15) is 9.59 Å². The van der Waals surface area contributed by atoms with Gasteiger partial charge in [0, 0.05) is 18.4 Å². The van der Waals surface area contributed by atoms with Gasteiger partial charge in [-0.05, 0) is 50.2 Å². The van der Waals surface area contributed by atoms with Crippen LogP contribution >= 0.6 is 0 Å². The van der Waals surface area contributed by atoms with Crippen molar-refractivity contribution in [2.24, 2.45) is 0 Å². The number of ketones is 2. The van der Waals surface area contributed by atoms with Crippen LogP contribution in [0.25, 0.3) is 21.7 Å². The summed E-state index contributed by atoms with van der Waals surface area (Å²) < 4.78 is 26.0. The third kappa shape index (κ3) is 3.26. The molecule has 1 saturated carbocycles. The van der Waals surface area contributed by atoms with E-state index in [2.05, 4.69) is 5.16 Å². The molecule has 0 N–H and O–H groups in total. The average Bonchev–Trinajstić information content (AvgIpc) is 3.07. The fraction of sp³-hybridized carbons (Fsp3) is 0.381. The highest BCUT2D eigenvalue weighted by Crippen LogP contribution is 2.38. The van der Waals surface area contributed by atoms with E-state index in [-0.39, 0.29) is 23.7 Å². The van der Waals surface area contributed by atoms with Crippen LogP contribution in [0.15, 0.2) is 28.8 Å². The molecule has 1 aliphatic rings. The second kappa shape index (κ2) is 7.31. The Kier molecular flexibility index (Phi) is 4.85. The van der Waals surface area contributed by atoms with Gasteiger partial charge in [-0.25, -0.2) is 4.39 Å². The maximum absolute atomic E-state index is 15.0. The fourth-order valence-electron chi connectivity index (χ4n) is 3.66. The van der Waals surface area contributed by atoms with Gasteiger partial charge in [0.15, 0.2) is 17.1 Å². The lowest BCUT2D eigenvalue weighted by atomic mass is 9.83. The van der Waals surface area contributed by atoms with Crippen LogP contribution in [-0.2, 0) is 9.59 Å². The van der Waals surface area contributed by atoms with E-state index in [4.69, 9.17) is 9.26 Å². The minimum absolute atomic E-state index is 0.0514. The van der Waals surface area contributed by atoms with E-state index in [1.807, 2.05) is 19.0 Å². The molecule has 0 amide bonds. The van der Waals surface area contributed by atoms with Gasteiger partial charge in [0.1, 0.15) is 23.9 Å². The molecule has 0 radical (unpaired) electrons. The van der Waals surface area contributed by atoms with Crippen molar-refractivity contribution < 1.29 is 23.2 Å². The minimum Gasteiger partial charge on any atom is -0.489 e. The zero-order chi connectivity index (χ0) is 19.8. The molecule has 1 atom stereocenters. The van der Waals surface area contributed by atoms with Gasteiger partial charge in [0.25, 0.3) is 0 Å². The van der Waals surface area contributed by atoms with Crippen LogP contribution in [0.4, 0.5) is 4.39 Å². The number of nitrogens with zero attached hydrogens (tertiary/aromatic N) is 2. The zero-order valence-corrected chi connectivity index (χ0v) is 15.8. The molecule has 1 aromatic heterocycles. The summed E-state index contributed by atoms with van der Waals surface area (Å²) >= 11 is 0. The quantitative estimate of drug-likeness (QED) is 0.627. The molecule has 0 bridgehead atoms. The first-order chi connectivity index (χ1) is 13.5. The van der Waals surface area contributed by atoms with Crippen molar-refractivity contribution in [3.8, 4) is 5.75 Å². The molecule has 1 fully saturated rings. The Labute approximate surface area is 161 Å². The molecule has 0 spiro atoms. The number of rotatable bonds is 5. The molecule has 0 unspecified atom stereocenters. The molecule has 28 heavy (non-hydrogen) atoms. The Balaban J connectivity index is 1.77. The van der Waals surface area contributed by atoms with Crippen LogP contribution in [0.1, 0.15) is 30.9 Å². The Bertz CT molecular complexity index is 1070. The molecular formula is C21H21FN2O4. The normalized spacial score (nSPS) is 17.8. The largest absolute Gasteiger partial charge is 0.489 e. The van der Waals surface area contributed by atoms with Gasteiger partial charge >= 0.3 is 0 Å². The highest BCUT2D eigenvalue weighted by Gasteiger charge is 2.32. The van der Waals surface area contributed by atoms with Crippen molar-refractivity contribution in [3.05, 3.63) is 35.8 Å². The monoisotopic (exact) mass is 384 g/mol. The number of Topliss-reactive ketones (excluding diaryl/α,β-unsaturated/α-hetero) is 2. The van der Waals surface area contributed by atoms with E-state index in [1.54, 1.807) is 24.3 Å². The number of likely N-dealkylation sites (N-methyl/N-ethyl adjacent to an activating group) is 1. The van der Waals surface area contributed by atoms with E-state index < -0.39 is 11.7 Å². The van der Waals surface area contributed by atoms with E-state index >= 15 is 4.39 Å². The lowest BCUT2D eigenvalue weighted by molar-refractivity contribution is -0.130. The molecule has 6 nitrogen and oxygen atoms in total. The minimum atomic E-state index is -0.497. The zero-order valence-electron chi connectivity index (χ0n) is 15.8. The third-order valence-electron chi connectivity index (χ3n) is 5.16. The number of aromatic nitrogens is 1. The molecule has 3 aromatic rings. The van der Waals surface area contributed by atoms with Crippen LogP contribution in [0.5, 0.6) is 5.75 Å². The standard InChI is InChI=1S/C21H21FN2O4/c1-24(2)9-10-27-18-8-5-13-14(20(18)22)6-7-17-19(13)21(23-28-17)15-4-3-12(25)11-16(15)26/h5-8,15H,3-4,9-11H2,1-2H3/t15-/m0/s1. The van der Waals surface area contributed by atoms with Crippen LogP contribution in [0.3, 0.4) is 0 Å². The summed E-state index contributed by atoms with van der Waals surface area (Å²) in [5, 5.41) is 5.74. The van der Waals surface area contributed by atoms with Gasteiger partial charge in [-0.15, -0.1) is 0 Å². The van der Waals surface area contributed by atoms with Gasteiger partial charge in [-0.2, -0.15) is 0 Å². The first-order valence-corrected chi connectivity index (χ1v) is 9.28. The second-order valence-electron chi connectivity index (χ2n) is 7.40. The maximum Gasteiger partial charge on any atom is 0.172 e. The second-order valence-corrected chi connectivity index (χ2v) is 7.40. The van der Waals surface area contributed by atoms with E-state index in [1.165, 1.54) is 0 Å². The number of hydrogen-bond acceptors (Lipinski definition) is 6. The predicted octanol–water partition coefficient (Wildman–Crippen LogP) is 3.47. The summed E-state index contributed by atoms with van der Waals surface area (Å²) in [5.41, 5.74) is 0.978. The number of carbonyl (C=O) groups excluding carboxylic acids is 2. The Morgan fingerprint density at radius 2 is 2.00 bits per heavy atom. The summed E-state index contributed by atoms with van der Waals surface area (Å²) in [6, 6.07) is 6.65. The number of benzene rings is 2. The molecule has 0 saturated heterocycles. The summed E-state index contributed by atoms with van der Waals surface area (Å²) in [6.07, 6.45) is 0.666. The molecule has 1 heterocycles. The molecule has 7 heteroatoms. The van der Waals surface area contributed by atoms with Gasteiger partial charge in [0.05, 0.1) is 17.7 Å². The van der Waals surface area contributed by atoms with Gasteiger partial charge < -0.3 is 14.2 Å². The van der Waals surface area contributed by atoms with Crippen molar-refractivity contribution in [1.29, 1.82) is 0 Å². The van der Waals surface area contributed by atoms with Crippen LogP contribution < -0.4 is 4.74 Å². The van der Waals surface area contributed by atoms with Gasteiger partial charge in [-0.1, -0.05) is 5.16 Å². The van der Waals surface area contributed by atoms with Gasteiger partial charge in [-0.3, -0.25) is 9.59 Å². The van der Waals surface area contributed by atoms with E-state index in [0.717, 1.165) is 0 Å². The van der Waals surface area contributed by atoms with Crippen molar-refractivity contribution in [3.63, 3.8) is 0 Å². The topological polar surface area (TPSA) is 72.6 Å². The first kappa shape index (κ1) is 18.6. The van der Waals surface area contributed by atoms with E-state index in [0.29, 0.717) is 53.4 Å². The summed E-state index contributed by atoms with van der Waals surface area (Å²) in [7, 11) is 3.84. The number of carbonyl (C=O) groups is 2. The van der Waals surface area contributed by atoms with Crippen LogP contribution in [-0.4, -0.2) is 48.9 Å². The lowest BCUT2D eigenvalue weighted by Crippen LogP contribution is -2.23. The highest BCUT2D eigenvalue weighted by molar-refractivity contribution is 6.11. The van der Waals surface area contributed by atoms with Crippen molar-refractivity contribution in [1.82, 2.24) is 10.1 Å². The molecule has 1 aliphatic carbocycles. The number of hydrogen-bond donors (Lipinski definition) is 0. The number of fused-ring (bicyclic) bond motifs is 3. The Morgan fingerprint density at radius 1 is 1.21 bits per heavy atom.